The second-order valence-electron chi connectivity index (χ2n) is 10.7. The highest BCUT2D eigenvalue weighted by atomic mass is 16.3. The predicted octanol–water partition coefficient (Wildman–Crippen LogP) is 9.11. The summed E-state index contributed by atoms with van der Waals surface area (Å²) in [5.41, 5.74) is 3.04. The highest BCUT2D eigenvalue weighted by Gasteiger charge is 2.14. The van der Waals surface area contributed by atoms with E-state index in [1.54, 1.807) is 0 Å². The molecule has 0 aliphatic rings. The molecule has 0 spiro atoms. The molecule has 0 aliphatic carbocycles. The Bertz CT molecular complexity index is 657. The first-order chi connectivity index (χ1) is 14.5. The van der Waals surface area contributed by atoms with Crippen molar-refractivity contribution < 1.29 is 10.2 Å². The monoisotopic (exact) mass is 430 g/mol. The van der Waals surface area contributed by atoms with E-state index in [2.05, 4.69) is 40.7 Å². The van der Waals surface area contributed by atoms with Crippen LogP contribution in [0.1, 0.15) is 115 Å². The van der Waals surface area contributed by atoms with Crippen LogP contribution >= 0.6 is 0 Å². The SMILES string of the molecule is Cc1c(C)c(O)c(C=C[C@@H](C)CCC[C@@H](C)CCC[C@@H](C)CCCC(C)C)c(C)c1O. The molecule has 1 aromatic carbocycles. The van der Waals surface area contributed by atoms with E-state index in [0.29, 0.717) is 17.4 Å². The predicted molar refractivity (Wildman–Crippen MR) is 137 cm³/mol. The maximum Gasteiger partial charge on any atom is 0.126 e. The van der Waals surface area contributed by atoms with Crippen LogP contribution in [0.25, 0.3) is 6.08 Å². The summed E-state index contributed by atoms with van der Waals surface area (Å²) in [7, 11) is 0. The molecule has 0 radical (unpaired) electrons. The molecule has 1 rings (SSSR count). The van der Waals surface area contributed by atoms with E-state index < -0.39 is 0 Å². The number of allylic oxidation sites excluding steroid dienone is 1. The molecular formula is C29H50O2. The molecule has 0 unspecified atom stereocenters. The number of hydrogen-bond donors (Lipinski definition) is 2. The second kappa shape index (κ2) is 13.9. The number of benzene rings is 1. The maximum atomic E-state index is 10.5. The van der Waals surface area contributed by atoms with Crippen LogP contribution in [-0.4, -0.2) is 10.2 Å². The van der Waals surface area contributed by atoms with Gasteiger partial charge in [0, 0.05) is 11.1 Å². The van der Waals surface area contributed by atoms with Gasteiger partial charge in [-0.1, -0.05) is 98.1 Å². The van der Waals surface area contributed by atoms with Crippen molar-refractivity contribution in [3.05, 3.63) is 28.3 Å². The van der Waals surface area contributed by atoms with Crippen molar-refractivity contribution in [2.45, 2.75) is 113 Å². The van der Waals surface area contributed by atoms with Crippen LogP contribution in [0.5, 0.6) is 11.5 Å². The van der Waals surface area contributed by atoms with Gasteiger partial charge in [-0.2, -0.15) is 0 Å². The highest BCUT2D eigenvalue weighted by molar-refractivity contribution is 5.68. The van der Waals surface area contributed by atoms with Gasteiger partial charge in [0.15, 0.2) is 0 Å². The number of phenolic OH excluding ortho intramolecular Hbond substituents is 2. The minimum atomic E-state index is 0.295. The number of aromatic hydroxyl groups is 2. The molecule has 0 aliphatic heterocycles. The summed E-state index contributed by atoms with van der Waals surface area (Å²) in [6, 6.07) is 0. The Labute approximate surface area is 193 Å². The Morgan fingerprint density at radius 1 is 0.613 bits per heavy atom. The van der Waals surface area contributed by atoms with Crippen molar-refractivity contribution >= 4 is 6.08 Å². The quantitative estimate of drug-likeness (QED) is 0.289. The van der Waals surface area contributed by atoms with Gasteiger partial charge in [0.1, 0.15) is 11.5 Å². The molecule has 0 aromatic heterocycles. The molecule has 31 heavy (non-hydrogen) atoms. The zero-order chi connectivity index (χ0) is 23.6. The molecular weight excluding hydrogens is 380 g/mol. The van der Waals surface area contributed by atoms with Crippen LogP contribution in [0.2, 0.25) is 0 Å². The van der Waals surface area contributed by atoms with Gasteiger partial charge in [0.2, 0.25) is 0 Å². The minimum Gasteiger partial charge on any atom is -0.507 e. The summed E-state index contributed by atoms with van der Waals surface area (Å²) in [6.07, 6.45) is 16.2. The zero-order valence-corrected chi connectivity index (χ0v) is 21.7. The van der Waals surface area contributed by atoms with E-state index in [1.165, 1.54) is 57.8 Å². The first-order valence-corrected chi connectivity index (χ1v) is 12.7. The van der Waals surface area contributed by atoms with Gasteiger partial charge < -0.3 is 10.2 Å². The van der Waals surface area contributed by atoms with Crippen molar-refractivity contribution in [2.75, 3.05) is 0 Å². The van der Waals surface area contributed by atoms with E-state index in [-0.39, 0.29) is 0 Å². The van der Waals surface area contributed by atoms with Gasteiger partial charge in [-0.15, -0.1) is 0 Å². The van der Waals surface area contributed by atoms with Gasteiger partial charge in [0.05, 0.1) is 0 Å². The summed E-state index contributed by atoms with van der Waals surface area (Å²) < 4.78 is 0. The summed E-state index contributed by atoms with van der Waals surface area (Å²) in [6.45, 7) is 17.3. The van der Waals surface area contributed by atoms with Crippen LogP contribution in [0.4, 0.5) is 0 Å². The molecule has 1 aromatic rings. The van der Waals surface area contributed by atoms with Crippen molar-refractivity contribution in [1.82, 2.24) is 0 Å². The molecule has 178 valence electrons. The van der Waals surface area contributed by atoms with Crippen LogP contribution in [0.15, 0.2) is 6.08 Å². The lowest BCUT2D eigenvalue weighted by molar-refractivity contribution is 0.383. The maximum absolute atomic E-state index is 10.5. The third-order valence-electron chi connectivity index (χ3n) is 7.11. The van der Waals surface area contributed by atoms with E-state index in [0.717, 1.165) is 40.0 Å². The average Bonchev–Trinajstić information content (AvgIpc) is 2.70. The molecule has 0 fully saturated rings. The molecule has 0 heterocycles. The Kier molecular flexibility index (Phi) is 12.3. The van der Waals surface area contributed by atoms with E-state index in [4.69, 9.17) is 0 Å². The third-order valence-corrected chi connectivity index (χ3v) is 7.11. The van der Waals surface area contributed by atoms with Crippen molar-refractivity contribution in [3.8, 4) is 11.5 Å². The van der Waals surface area contributed by atoms with Crippen LogP contribution in [0.3, 0.4) is 0 Å². The molecule has 0 saturated heterocycles. The third kappa shape index (κ3) is 9.71. The lowest BCUT2D eigenvalue weighted by atomic mass is 9.91. The number of rotatable bonds is 14. The second-order valence-corrected chi connectivity index (χ2v) is 10.7. The topological polar surface area (TPSA) is 40.5 Å². The van der Waals surface area contributed by atoms with E-state index in [9.17, 15) is 10.2 Å². The summed E-state index contributed by atoms with van der Waals surface area (Å²) in [5.74, 6) is 3.58. The van der Waals surface area contributed by atoms with Gasteiger partial charge in [-0.05, 0) is 62.0 Å². The smallest absolute Gasteiger partial charge is 0.126 e. The van der Waals surface area contributed by atoms with Crippen LogP contribution in [0, 0.1) is 44.4 Å². The fourth-order valence-electron chi connectivity index (χ4n) is 4.47. The lowest BCUT2D eigenvalue weighted by Crippen LogP contribution is -2.01. The summed E-state index contributed by atoms with van der Waals surface area (Å²) in [4.78, 5) is 0. The molecule has 2 nitrogen and oxygen atoms in total. The van der Waals surface area contributed by atoms with Crippen molar-refractivity contribution in [1.29, 1.82) is 0 Å². The van der Waals surface area contributed by atoms with Gasteiger partial charge in [-0.3, -0.25) is 0 Å². The minimum absolute atomic E-state index is 0.295. The lowest BCUT2D eigenvalue weighted by Gasteiger charge is -2.16. The Balaban J connectivity index is 2.34. The summed E-state index contributed by atoms with van der Waals surface area (Å²) >= 11 is 0. The molecule has 0 saturated carbocycles. The molecule has 0 amide bonds. The fraction of sp³-hybridized carbons (Fsp3) is 0.724. The van der Waals surface area contributed by atoms with E-state index in [1.807, 2.05) is 26.8 Å². The Morgan fingerprint density at radius 3 is 1.58 bits per heavy atom. The van der Waals surface area contributed by atoms with Gasteiger partial charge >= 0.3 is 0 Å². The fourth-order valence-corrected chi connectivity index (χ4v) is 4.47. The largest absolute Gasteiger partial charge is 0.507 e. The highest BCUT2D eigenvalue weighted by Crippen LogP contribution is 2.37. The first kappa shape index (κ1) is 27.6. The first-order valence-electron chi connectivity index (χ1n) is 12.7. The number of phenols is 2. The number of hydrogen-bond acceptors (Lipinski definition) is 2. The standard InChI is InChI=1S/C29H50O2/c1-20(2)12-9-13-21(3)14-10-15-22(4)16-11-17-23(5)18-19-27-26(8)28(30)24(6)25(7)29(27)31/h18-23,30-31H,9-17H2,1-8H3/t21-,22-,23-/m0/s1. The van der Waals surface area contributed by atoms with Crippen LogP contribution in [-0.2, 0) is 0 Å². The van der Waals surface area contributed by atoms with E-state index >= 15 is 0 Å². The van der Waals surface area contributed by atoms with Crippen LogP contribution < -0.4 is 0 Å². The Morgan fingerprint density at radius 2 is 1.06 bits per heavy atom. The molecule has 3 atom stereocenters. The molecule has 0 bridgehead atoms. The summed E-state index contributed by atoms with van der Waals surface area (Å²) in [5, 5.41) is 20.8. The van der Waals surface area contributed by atoms with Crippen molar-refractivity contribution in [2.24, 2.45) is 23.7 Å². The normalized spacial score (nSPS) is 15.0. The zero-order valence-electron chi connectivity index (χ0n) is 21.7. The molecule has 2 N–H and O–H groups in total. The van der Waals surface area contributed by atoms with Gasteiger partial charge in [-0.25, -0.2) is 0 Å². The Hall–Kier alpha value is -1.44. The average molecular weight is 431 g/mol. The van der Waals surface area contributed by atoms with Gasteiger partial charge in [0.25, 0.3) is 0 Å². The van der Waals surface area contributed by atoms with Crippen molar-refractivity contribution in [3.63, 3.8) is 0 Å². The molecule has 2 heteroatoms.